The van der Waals surface area contributed by atoms with Gasteiger partial charge in [-0.3, -0.25) is 14.9 Å². The largest absolute Gasteiger partial charge is 0.441 e. The number of fused-ring (bicyclic) bond motifs is 1. The zero-order valence-corrected chi connectivity index (χ0v) is 11.6. The molecule has 3 rings (SSSR count). The standard InChI is InChI=1S/C15H11N3O4/c1-9-16-12-7-6-10(8-14(12)22-9)17-15(19)11-4-2-3-5-13(11)18(20)21/h2-8H,1H3,(H,17,19). The number of carbonyl (C=O) groups is 1. The first-order valence-corrected chi connectivity index (χ1v) is 6.46. The van der Waals surface area contributed by atoms with Crippen LogP contribution in [0.2, 0.25) is 0 Å². The number of anilines is 1. The van der Waals surface area contributed by atoms with Crippen molar-refractivity contribution in [2.75, 3.05) is 5.32 Å². The Labute approximate surface area is 124 Å². The summed E-state index contributed by atoms with van der Waals surface area (Å²) < 4.78 is 5.39. The third-order valence-electron chi connectivity index (χ3n) is 3.10. The van der Waals surface area contributed by atoms with Crippen LogP contribution in [0.15, 0.2) is 46.9 Å². The molecule has 1 amide bonds. The second-order valence-electron chi connectivity index (χ2n) is 4.64. The summed E-state index contributed by atoms with van der Waals surface area (Å²) in [5.74, 6) is -0.0277. The van der Waals surface area contributed by atoms with Crippen LogP contribution in [0, 0.1) is 17.0 Å². The van der Waals surface area contributed by atoms with Crippen LogP contribution < -0.4 is 5.32 Å². The van der Waals surface area contributed by atoms with E-state index >= 15 is 0 Å². The van der Waals surface area contributed by atoms with Crippen LogP contribution in [0.1, 0.15) is 16.2 Å². The molecule has 0 spiro atoms. The van der Waals surface area contributed by atoms with Crippen LogP contribution in [0.3, 0.4) is 0 Å². The number of aryl methyl sites for hydroxylation is 1. The van der Waals surface area contributed by atoms with E-state index in [1.807, 2.05) is 0 Å². The van der Waals surface area contributed by atoms with Crippen molar-refractivity contribution in [2.45, 2.75) is 6.92 Å². The van der Waals surface area contributed by atoms with E-state index in [4.69, 9.17) is 4.42 Å². The van der Waals surface area contributed by atoms with Gasteiger partial charge in [-0.2, -0.15) is 0 Å². The Morgan fingerprint density at radius 2 is 2.05 bits per heavy atom. The highest BCUT2D eigenvalue weighted by molar-refractivity contribution is 6.07. The number of benzene rings is 2. The first kappa shape index (κ1) is 13.7. The highest BCUT2D eigenvalue weighted by Gasteiger charge is 2.19. The predicted octanol–water partition coefficient (Wildman–Crippen LogP) is 3.30. The molecule has 1 heterocycles. The van der Waals surface area contributed by atoms with Crippen molar-refractivity contribution in [1.82, 2.24) is 4.98 Å². The van der Waals surface area contributed by atoms with Gasteiger partial charge in [-0.15, -0.1) is 0 Å². The molecule has 2 aromatic carbocycles. The van der Waals surface area contributed by atoms with Crippen LogP contribution >= 0.6 is 0 Å². The maximum absolute atomic E-state index is 12.2. The zero-order valence-electron chi connectivity index (χ0n) is 11.6. The SMILES string of the molecule is Cc1nc2ccc(NC(=O)c3ccccc3[N+](=O)[O-])cc2o1. The Bertz CT molecular complexity index is 885. The number of nitrogens with zero attached hydrogens (tertiary/aromatic N) is 2. The third-order valence-corrected chi connectivity index (χ3v) is 3.10. The van der Waals surface area contributed by atoms with E-state index in [-0.39, 0.29) is 11.3 Å². The summed E-state index contributed by atoms with van der Waals surface area (Å²) in [6.45, 7) is 1.73. The summed E-state index contributed by atoms with van der Waals surface area (Å²) in [5, 5.41) is 13.6. The summed E-state index contributed by atoms with van der Waals surface area (Å²) in [7, 11) is 0. The molecule has 22 heavy (non-hydrogen) atoms. The lowest BCUT2D eigenvalue weighted by Gasteiger charge is -2.05. The van der Waals surface area contributed by atoms with Crippen LogP contribution in [0.25, 0.3) is 11.1 Å². The molecule has 0 bridgehead atoms. The van der Waals surface area contributed by atoms with Gasteiger partial charge >= 0.3 is 0 Å². The fourth-order valence-corrected chi connectivity index (χ4v) is 2.14. The Morgan fingerprint density at radius 3 is 2.82 bits per heavy atom. The zero-order chi connectivity index (χ0) is 15.7. The molecule has 0 fully saturated rings. The van der Waals surface area contributed by atoms with Gasteiger partial charge in [0.15, 0.2) is 11.5 Å². The normalized spacial score (nSPS) is 10.6. The Balaban J connectivity index is 1.91. The second kappa shape index (κ2) is 5.28. The molecule has 0 saturated carbocycles. The Hall–Kier alpha value is -3.22. The van der Waals surface area contributed by atoms with Crippen LogP contribution in [0.4, 0.5) is 11.4 Å². The van der Waals surface area contributed by atoms with Crippen molar-refractivity contribution >= 4 is 28.4 Å². The number of nitro benzene ring substituents is 1. The number of oxazole rings is 1. The monoisotopic (exact) mass is 297 g/mol. The number of nitro groups is 1. The van der Waals surface area contributed by atoms with Gasteiger partial charge < -0.3 is 9.73 Å². The number of hydrogen-bond donors (Lipinski definition) is 1. The maximum Gasteiger partial charge on any atom is 0.282 e. The van der Waals surface area contributed by atoms with Gasteiger partial charge in [-0.25, -0.2) is 4.98 Å². The molecular formula is C15H11N3O4. The summed E-state index contributed by atoms with van der Waals surface area (Å²) in [6, 6.07) is 10.8. The fourth-order valence-electron chi connectivity index (χ4n) is 2.14. The lowest BCUT2D eigenvalue weighted by Crippen LogP contribution is -2.13. The summed E-state index contributed by atoms with van der Waals surface area (Å²) in [5.41, 5.74) is 1.46. The molecule has 7 nitrogen and oxygen atoms in total. The molecule has 0 aliphatic rings. The van der Waals surface area contributed by atoms with Crippen molar-refractivity contribution in [3.05, 3.63) is 64.0 Å². The minimum Gasteiger partial charge on any atom is -0.441 e. The first-order chi connectivity index (χ1) is 10.5. The number of carbonyl (C=O) groups excluding carboxylic acids is 1. The average Bonchev–Trinajstić information content (AvgIpc) is 2.86. The van der Waals surface area contributed by atoms with Gasteiger partial charge in [0.1, 0.15) is 11.1 Å². The van der Waals surface area contributed by atoms with Crippen LogP contribution in [0.5, 0.6) is 0 Å². The summed E-state index contributed by atoms with van der Waals surface area (Å²) in [4.78, 5) is 26.8. The maximum atomic E-state index is 12.2. The highest BCUT2D eigenvalue weighted by Crippen LogP contribution is 2.22. The predicted molar refractivity (Wildman–Crippen MR) is 79.8 cm³/mol. The lowest BCUT2D eigenvalue weighted by molar-refractivity contribution is -0.385. The van der Waals surface area contributed by atoms with Gasteiger partial charge in [-0.05, 0) is 18.2 Å². The second-order valence-corrected chi connectivity index (χ2v) is 4.64. The van der Waals surface area contributed by atoms with Crippen molar-refractivity contribution in [1.29, 1.82) is 0 Å². The van der Waals surface area contributed by atoms with E-state index in [9.17, 15) is 14.9 Å². The van der Waals surface area contributed by atoms with Gasteiger partial charge in [-0.1, -0.05) is 12.1 Å². The number of aromatic nitrogens is 1. The first-order valence-electron chi connectivity index (χ1n) is 6.46. The van der Waals surface area contributed by atoms with Crippen molar-refractivity contribution in [2.24, 2.45) is 0 Å². The third kappa shape index (κ3) is 2.51. The summed E-state index contributed by atoms with van der Waals surface area (Å²) in [6.07, 6.45) is 0. The highest BCUT2D eigenvalue weighted by atomic mass is 16.6. The molecule has 0 atom stereocenters. The number of para-hydroxylation sites is 1. The average molecular weight is 297 g/mol. The minimum absolute atomic E-state index is 0.00125. The van der Waals surface area contributed by atoms with E-state index in [0.29, 0.717) is 22.7 Å². The fraction of sp³-hybridized carbons (Fsp3) is 0.0667. The van der Waals surface area contributed by atoms with E-state index in [1.165, 1.54) is 18.2 Å². The topological polar surface area (TPSA) is 98.3 Å². The van der Waals surface area contributed by atoms with Gasteiger partial charge in [0.05, 0.1) is 4.92 Å². The Morgan fingerprint density at radius 1 is 1.27 bits per heavy atom. The van der Waals surface area contributed by atoms with Gasteiger partial charge in [0.2, 0.25) is 0 Å². The molecule has 0 aliphatic heterocycles. The number of rotatable bonds is 3. The van der Waals surface area contributed by atoms with Gasteiger partial charge in [0.25, 0.3) is 11.6 Å². The molecule has 110 valence electrons. The number of amides is 1. The molecule has 0 aliphatic carbocycles. The van der Waals surface area contributed by atoms with Crippen molar-refractivity contribution < 1.29 is 14.1 Å². The molecule has 0 unspecified atom stereocenters. The van der Waals surface area contributed by atoms with E-state index in [1.54, 1.807) is 31.2 Å². The molecular weight excluding hydrogens is 286 g/mol. The van der Waals surface area contributed by atoms with Crippen LogP contribution in [-0.4, -0.2) is 15.8 Å². The molecule has 3 aromatic rings. The van der Waals surface area contributed by atoms with Crippen molar-refractivity contribution in [3.8, 4) is 0 Å². The Kier molecular flexibility index (Phi) is 3.30. The number of nitrogens with one attached hydrogen (secondary N) is 1. The van der Waals surface area contributed by atoms with E-state index in [2.05, 4.69) is 10.3 Å². The van der Waals surface area contributed by atoms with E-state index < -0.39 is 10.8 Å². The van der Waals surface area contributed by atoms with E-state index in [0.717, 1.165) is 0 Å². The molecule has 1 aromatic heterocycles. The van der Waals surface area contributed by atoms with Crippen LogP contribution in [-0.2, 0) is 0 Å². The molecule has 0 saturated heterocycles. The quantitative estimate of drug-likeness (QED) is 0.590. The van der Waals surface area contributed by atoms with Crippen molar-refractivity contribution in [3.63, 3.8) is 0 Å². The minimum atomic E-state index is -0.585. The molecule has 0 radical (unpaired) electrons. The van der Waals surface area contributed by atoms with Gasteiger partial charge in [0, 0.05) is 24.7 Å². The smallest absolute Gasteiger partial charge is 0.282 e. The lowest BCUT2D eigenvalue weighted by atomic mass is 10.1. The number of hydrogen-bond acceptors (Lipinski definition) is 5. The molecule has 1 N–H and O–H groups in total. The molecule has 7 heteroatoms. The summed E-state index contributed by atoms with van der Waals surface area (Å²) >= 11 is 0.